The van der Waals surface area contributed by atoms with E-state index in [1.807, 2.05) is 16.7 Å². The van der Waals surface area contributed by atoms with Crippen LogP contribution in [0.3, 0.4) is 0 Å². The van der Waals surface area contributed by atoms with Gasteiger partial charge in [-0.2, -0.15) is 4.98 Å². The Hall–Kier alpha value is -2.55. The van der Waals surface area contributed by atoms with Crippen LogP contribution in [0.15, 0.2) is 30.3 Å². The molecule has 3 aromatic rings. The van der Waals surface area contributed by atoms with Crippen molar-refractivity contribution in [3.63, 3.8) is 0 Å². The number of rotatable bonds is 5. The van der Waals surface area contributed by atoms with Crippen LogP contribution in [0.4, 0.5) is 5.95 Å². The van der Waals surface area contributed by atoms with E-state index in [-0.39, 0.29) is 17.9 Å². The summed E-state index contributed by atoms with van der Waals surface area (Å²) in [5.74, 6) is 2.02. The Balaban J connectivity index is 1.43. The molecule has 0 bridgehead atoms. The van der Waals surface area contributed by atoms with Crippen LogP contribution in [0.2, 0.25) is 10.0 Å². The molecule has 10 heteroatoms. The number of methoxy groups -OCH3 is 1. The van der Waals surface area contributed by atoms with Crippen LogP contribution in [0, 0.1) is 5.92 Å². The number of benzene rings is 1. The number of pyridine rings is 1. The van der Waals surface area contributed by atoms with Crippen molar-refractivity contribution in [3.05, 3.63) is 40.4 Å². The quantitative estimate of drug-likeness (QED) is 0.585. The summed E-state index contributed by atoms with van der Waals surface area (Å²) in [6.45, 7) is 2.72. The summed E-state index contributed by atoms with van der Waals surface area (Å²) < 4.78 is 12.7. The van der Waals surface area contributed by atoms with Crippen molar-refractivity contribution in [2.45, 2.75) is 25.3 Å². The Kier molecular flexibility index (Phi) is 6.32. The number of hydrogen-bond donors (Lipinski definition) is 1. The fourth-order valence-corrected chi connectivity index (χ4v) is 4.76. The molecule has 1 aromatic carbocycles. The van der Waals surface area contributed by atoms with E-state index in [9.17, 15) is 4.79 Å². The van der Waals surface area contributed by atoms with Gasteiger partial charge in [-0.1, -0.05) is 29.3 Å². The molecule has 1 unspecified atom stereocenters. The highest BCUT2D eigenvalue weighted by Crippen LogP contribution is 2.34. The van der Waals surface area contributed by atoms with Gasteiger partial charge in [-0.15, -0.1) is 0 Å². The molecule has 4 heterocycles. The summed E-state index contributed by atoms with van der Waals surface area (Å²) in [5, 5.41) is 4.03. The standard InChI is InChI=1S/C23H25Cl2N5O3/c1-32-21-4-2-3-20(28-21)30-19-12-17(25)16(24)11-18(19)27-23(30)29-8-5-14(6-9-29)22(31)26-15-7-10-33-13-15/h2-4,11-12,14-15H,5-10,13H2,1H3,(H,26,31). The Labute approximate surface area is 201 Å². The van der Waals surface area contributed by atoms with Crippen LogP contribution < -0.4 is 15.0 Å². The van der Waals surface area contributed by atoms with E-state index in [0.29, 0.717) is 48.0 Å². The third-order valence-electron chi connectivity index (χ3n) is 6.25. The molecular weight excluding hydrogens is 465 g/mol. The fraction of sp³-hybridized carbons (Fsp3) is 0.435. The van der Waals surface area contributed by atoms with Gasteiger partial charge in [0, 0.05) is 31.7 Å². The number of nitrogens with zero attached hydrogens (tertiary/aromatic N) is 4. The Morgan fingerprint density at radius 2 is 1.94 bits per heavy atom. The minimum Gasteiger partial charge on any atom is -0.481 e. The summed E-state index contributed by atoms with van der Waals surface area (Å²) in [4.78, 5) is 24.4. The molecule has 1 atom stereocenters. The number of carbonyl (C=O) groups is 1. The zero-order valence-electron chi connectivity index (χ0n) is 18.3. The molecule has 0 spiro atoms. The number of hydrogen-bond acceptors (Lipinski definition) is 6. The highest BCUT2D eigenvalue weighted by Gasteiger charge is 2.30. The Morgan fingerprint density at radius 3 is 2.67 bits per heavy atom. The van der Waals surface area contributed by atoms with Crippen LogP contribution >= 0.6 is 23.2 Å². The maximum atomic E-state index is 12.7. The smallest absolute Gasteiger partial charge is 0.223 e. The summed E-state index contributed by atoms with van der Waals surface area (Å²) in [6, 6.07) is 9.29. The van der Waals surface area contributed by atoms with E-state index in [1.165, 1.54) is 0 Å². The van der Waals surface area contributed by atoms with Gasteiger partial charge in [0.15, 0.2) is 0 Å². The van der Waals surface area contributed by atoms with Crippen molar-refractivity contribution in [1.82, 2.24) is 19.9 Å². The first-order valence-corrected chi connectivity index (χ1v) is 11.8. The largest absolute Gasteiger partial charge is 0.481 e. The van der Waals surface area contributed by atoms with Crippen LogP contribution in [0.25, 0.3) is 16.9 Å². The second kappa shape index (κ2) is 9.37. The molecule has 0 aliphatic carbocycles. The van der Waals surface area contributed by atoms with Crippen LogP contribution in [-0.2, 0) is 9.53 Å². The lowest BCUT2D eigenvalue weighted by Gasteiger charge is -2.32. The average molecular weight is 490 g/mol. The molecule has 2 saturated heterocycles. The fourth-order valence-electron chi connectivity index (χ4n) is 4.45. The minimum atomic E-state index is -0.0153. The van der Waals surface area contributed by atoms with Gasteiger partial charge in [0.2, 0.25) is 17.7 Å². The molecule has 0 saturated carbocycles. The van der Waals surface area contributed by atoms with Gasteiger partial charge >= 0.3 is 0 Å². The predicted molar refractivity (Wildman–Crippen MR) is 128 cm³/mol. The molecule has 0 radical (unpaired) electrons. The number of nitrogens with one attached hydrogen (secondary N) is 1. The van der Waals surface area contributed by atoms with Crippen molar-refractivity contribution in [1.29, 1.82) is 0 Å². The van der Waals surface area contributed by atoms with Crippen LogP contribution in [-0.4, -0.2) is 59.9 Å². The number of anilines is 1. The number of aromatic nitrogens is 3. The lowest BCUT2D eigenvalue weighted by atomic mass is 9.95. The number of imidazole rings is 1. The van der Waals surface area contributed by atoms with Crippen LogP contribution in [0.1, 0.15) is 19.3 Å². The number of amides is 1. The number of halogens is 2. The van der Waals surface area contributed by atoms with Gasteiger partial charge in [-0.3, -0.25) is 9.36 Å². The van der Waals surface area contributed by atoms with Gasteiger partial charge in [0.05, 0.1) is 40.8 Å². The van der Waals surface area contributed by atoms with Crippen molar-refractivity contribution in [2.75, 3.05) is 38.3 Å². The molecule has 2 fully saturated rings. The highest BCUT2D eigenvalue weighted by atomic mass is 35.5. The predicted octanol–water partition coefficient (Wildman–Crippen LogP) is 3.86. The zero-order valence-corrected chi connectivity index (χ0v) is 19.8. The monoisotopic (exact) mass is 489 g/mol. The number of piperidine rings is 1. The Bertz CT molecular complexity index is 1170. The summed E-state index contributed by atoms with van der Waals surface area (Å²) in [6.07, 6.45) is 2.37. The summed E-state index contributed by atoms with van der Waals surface area (Å²) >= 11 is 12.6. The lowest BCUT2D eigenvalue weighted by Crippen LogP contribution is -2.44. The highest BCUT2D eigenvalue weighted by molar-refractivity contribution is 6.42. The maximum Gasteiger partial charge on any atom is 0.223 e. The molecular formula is C23H25Cl2N5O3. The van der Waals surface area contributed by atoms with E-state index in [4.69, 9.17) is 37.7 Å². The third-order valence-corrected chi connectivity index (χ3v) is 6.97. The Morgan fingerprint density at radius 1 is 1.15 bits per heavy atom. The molecule has 174 valence electrons. The van der Waals surface area contributed by atoms with E-state index in [2.05, 4.69) is 15.2 Å². The third kappa shape index (κ3) is 4.47. The van der Waals surface area contributed by atoms with Crippen molar-refractivity contribution in [3.8, 4) is 11.7 Å². The first kappa shape index (κ1) is 22.3. The first-order valence-electron chi connectivity index (χ1n) is 11.1. The van der Waals surface area contributed by atoms with Crippen molar-refractivity contribution >= 4 is 46.1 Å². The summed E-state index contributed by atoms with van der Waals surface area (Å²) in [7, 11) is 1.59. The minimum absolute atomic E-state index is 0.0153. The maximum absolute atomic E-state index is 12.7. The van der Waals surface area contributed by atoms with Crippen molar-refractivity contribution in [2.24, 2.45) is 5.92 Å². The molecule has 2 aromatic heterocycles. The second-order valence-corrected chi connectivity index (χ2v) is 9.19. The normalized spacial score (nSPS) is 19.2. The van der Waals surface area contributed by atoms with E-state index in [1.54, 1.807) is 25.3 Å². The number of carbonyl (C=O) groups excluding carboxylic acids is 1. The molecule has 8 nitrogen and oxygen atoms in total. The summed E-state index contributed by atoms with van der Waals surface area (Å²) in [5.41, 5.74) is 1.53. The molecule has 33 heavy (non-hydrogen) atoms. The van der Waals surface area contributed by atoms with Gasteiger partial charge in [0.25, 0.3) is 0 Å². The first-order chi connectivity index (χ1) is 16.0. The van der Waals surface area contributed by atoms with Gasteiger partial charge in [0.1, 0.15) is 5.82 Å². The van der Waals surface area contributed by atoms with Crippen molar-refractivity contribution < 1.29 is 14.3 Å². The average Bonchev–Trinajstić information content (AvgIpc) is 3.47. The molecule has 1 amide bonds. The van der Waals surface area contributed by atoms with E-state index in [0.717, 1.165) is 36.2 Å². The number of ether oxygens (including phenoxy) is 2. The van der Waals surface area contributed by atoms with Gasteiger partial charge < -0.3 is 19.7 Å². The molecule has 2 aliphatic rings. The van der Waals surface area contributed by atoms with Gasteiger partial charge in [-0.05, 0) is 37.5 Å². The molecule has 2 aliphatic heterocycles. The van der Waals surface area contributed by atoms with Crippen LogP contribution in [0.5, 0.6) is 5.88 Å². The topological polar surface area (TPSA) is 81.5 Å². The zero-order chi connectivity index (χ0) is 22.9. The molecule has 5 rings (SSSR count). The van der Waals surface area contributed by atoms with Gasteiger partial charge in [-0.25, -0.2) is 4.98 Å². The second-order valence-electron chi connectivity index (χ2n) is 8.37. The van der Waals surface area contributed by atoms with E-state index >= 15 is 0 Å². The molecule has 1 N–H and O–H groups in total. The van der Waals surface area contributed by atoms with E-state index < -0.39 is 0 Å². The number of fused-ring (bicyclic) bond motifs is 1. The SMILES string of the molecule is COc1cccc(-n2c(N3CCC(C(=O)NC4CCOC4)CC3)nc3cc(Cl)c(Cl)cc32)n1. The lowest BCUT2D eigenvalue weighted by molar-refractivity contribution is -0.126.